The molecule has 1 N–H and O–H groups in total. The summed E-state index contributed by atoms with van der Waals surface area (Å²) in [5.41, 5.74) is 1.30. The van der Waals surface area contributed by atoms with E-state index in [0.717, 1.165) is 6.42 Å². The largest absolute Gasteiger partial charge is 0.465 e. The molecule has 0 fully saturated rings. The Bertz CT molecular complexity index is 889. The van der Waals surface area contributed by atoms with Gasteiger partial charge in [0.1, 0.15) is 5.92 Å². The fourth-order valence-electron chi connectivity index (χ4n) is 3.64. The molecule has 8 nitrogen and oxygen atoms in total. The lowest BCUT2D eigenvalue weighted by atomic mass is 9.74. The zero-order valence-corrected chi connectivity index (χ0v) is 18.1. The van der Waals surface area contributed by atoms with Crippen LogP contribution in [0, 0.1) is 16.0 Å². The van der Waals surface area contributed by atoms with E-state index in [0.29, 0.717) is 23.4 Å². The summed E-state index contributed by atoms with van der Waals surface area (Å²) >= 11 is 0. The number of rotatable bonds is 8. The first-order chi connectivity index (χ1) is 14.2. The Kier molecular flexibility index (Phi) is 7.86. The summed E-state index contributed by atoms with van der Waals surface area (Å²) in [5, 5.41) is 14.5. The molecule has 2 rings (SSSR count). The lowest BCUT2D eigenvalue weighted by Crippen LogP contribution is -2.41. The van der Waals surface area contributed by atoms with Crippen LogP contribution < -0.4 is 5.32 Å². The fraction of sp³-hybridized carbons (Fsp3) is 0.500. The molecule has 0 saturated carbocycles. The van der Waals surface area contributed by atoms with E-state index in [1.54, 1.807) is 32.0 Å². The molecule has 1 aliphatic rings. The number of nitrogens with zero attached hydrogens (tertiary/aromatic N) is 2. The van der Waals surface area contributed by atoms with Gasteiger partial charge in [-0.1, -0.05) is 31.5 Å². The third-order valence-electron chi connectivity index (χ3n) is 4.96. The summed E-state index contributed by atoms with van der Waals surface area (Å²) < 4.78 is 5.44. The van der Waals surface area contributed by atoms with Gasteiger partial charge in [-0.25, -0.2) is 0 Å². The van der Waals surface area contributed by atoms with Crippen LogP contribution in [0.15, 0.2) is 40.5 Å². The monoisotopic (exact) mass is 415 g/mol. The van der Waals surface area contributed by atoms with Crippen LogP contribution in [0.25, 0.3) is 0 Å². The molecule has 0 radical (unpaired) electrons. The van der Waals surface area contributed by atoms with Gasteiger partial charge in [0.15, 0.2) is 0 Å². The van der Waals surface area contributed by atoms with Crippen molar-refractivity contribution in [2.75, 3.05) is 6.61 Å². The SMILES string of the molecule is CCCCOC(=O)C1C(C)=NC(C)=C(C(=O)NC(C)C)C1c1ccccc1[N+](=O)[O-]. The molecule has 162 valence electrons. The first-order valence-electron chi connectivity index (χ1n) is 10.2. The molecule has 0 aliphatic carbocycles. The number of allylic oxidation sites excluding steroid dienone is 1. The third-order valence-corrected chi connectivity index (χ3v) is 4.96. The number of nitro groups is 1. The van der Waals surface area contributed by atoms with Crippen LogP contribution >= 0.6 is 0 Å². The van der Waals surface area contributed by atoms with E-state index in [4.69, 9.17) is 4.74 Å². The first kappa shape index (κ1) is 23.3. The number of para-hydroxylation sites is 1. The molecule has 1 aromatic rings. The highest BCUT2D eigenvalue weighted by atomic mass is 16.6. The summed E-state index contributed by atoms with van der Waals surface area (Å²) in [5.74, 6) is -2.71. The van der Waals surface area contributed by atoms with Crippen molar-refractivity contribution in [2.24, 2.45) is 10.9 Å². The number of benzene rings is 1. The molecule has 1 aliphatic heterocycles. The van der Waals surface area contributed by atoms with Crippen LogP contribution in [0.5, 0.6) is 0 Å². The van der Waals surface area contributed by atoms with Gasteiger partial charge in [0.05, 0.1) is 11.5 Å². The van der Waals surface area contributed by atoms with Gasteiger partial charge < -0.3 is 10.1 Å². The lowest BCUT2D eigenvalue weighted by molar-refractivity contribution is -0.385. The van der Waals surface area contributed by atoms with Crippen LogP contribution in [-0.4, -0.2) is 35.2 Å². The van der Waals surface area contributed by atoms with Crippen molar-refractivity contribution in [3.8, 4) is 0 Å². The molecule has 0 spiro atoms. The van der Waals surface area contributed by atoms with Crippen molar-refractivity contribution in [1.29, 1.82) is 0 Å². The summed E-state index contributed by atoms with van der Waals surface area (Å²) in [6.07, 6.45) is 1.57. The van der Waals surface area contributed by atoms with Crippen LogP contribution in [0.4, 0.5) is 5.69 Å². The Hall–Kier alpha value is -3.03. The van der Waals surface area contributed by atoms with E-state index in [2.05, 4.69) is 10.3 Å². The van der Waals surface area contributed by atoms with Crippen LogP contribution in [0.3, 0.4) is 0 Å². The minimum Gasteiger partial charge on any atom is -0.465 e. The van der Waals surface area contributed by atoms with E-state index >= 15 is 0 Å². The second kappa shape index (κ2) is 10.1. The van der Waals surface area contributed by atoms with Crippen LogP contribution in [-0.2, 0) is 14.3 Å². The number of aliphatic imine (C=N–C) groups is 1. The minimum absolute atomic E-state index is 0.147. The number of hydrogen-bond donors (Lipinski definition) is 1. The minimum atomic E-state index is -0.917. The fourth-order valence-corrected chi connectivity index (χ4v) is 3.64. The Labute approximate surface area is 176 Å². The topological polar surface area (TPSA) is 111 Å². The Morgan fingerprint density at radius 3 is 2.53 bits per heavy atom. The molecule has 30 heavy (non-hydrogen) atoms. The second-order valence-corrected chi connectivity index (χ2v) is 7.67. The highest BCUT2D eigenvalue weighted by Crippen LogP contribution is 2.42. The van der Waals surface area contributed by atoms with Crippen molar-refractivity contribution in [3.05, 3.63) is 51.2 Å². The summed E-state index contributed by atoms with van der Waals surface area (Å²) in [4.78, 5) is 41.7. The van der Waals surface area contributed by atoms with Crippen molar-refractivity contribution < 1.29 is 19.2 Å². The van der Waals surface area contributed by atoms with E-state index in [1.165, 1.54) is 6.07 Å². The van der Waals surface area contributed by atoms with Gasteiger partial charge in [0, 0.05) is 40.6 Å². The molecular weight excluding hydrogens is 386 g/mol. The van der Waals surface area contributed by atoms with E-state index in [9.17, 15) is 19.7 Å². The second-order valence-electron chi connectivity index (χ2n) is 7.67. The van der Waals surface area contributed by atoms with Gasteiger partial charge in [-0.05, 0) is 34.1 Å². The number of nitro benzene ring substituents is 1. The number of carbonyl (C=O) groups is 2. The summed E-state index contributed by atoms with van der Waals surface area (Å²) in [6.45, 7) is 9.24. The highest BCUT2D eigenvalue weighted by molar-refractivity contribution is 6.08. The summed E-state index contributed by atoms with van der Waals surface area (Å²) in [6, 6.07) is 6.04. The maximum absolute atomic E-state index is 13.1. The van der Waals surface area contributed by atoms with E-state index in [1.807, 2.05) is 20.8 Å². The Balaban J connectivity index is 2.65. The van der Waals surface area contributed by atoms with Crippen molar-refractivity contribution in [2.45, 2.75) is 59.4 Å². The van der Waals surface area contributed by atoms with Gasteiger partial charge in [-0.3, -0.25) is 24.7 Å². The van der Waals surface area contributed by atoms with Crippen molar-refractivity contribution in [3.63, 3.8) is 0 Å². The molecule has 1 amide bonds. The zero-order chi connectivity index (χ0) is 22.4. The number of esters is 1. The van der Waals surface area contributed by atoms with E-state index < -0.39 is 28.6 Å². The normalized spacial score (nSPS) is 18.8. The standard InChI is InChI=1S/C22H29N3O5/c1-6-7-12-30-22(27)19-15(5)24-14(4)18(21(26)23-13(2)3)20(19)16-10-8-9-11-17(16)25(28)29/h8-11,13,19-20H,6-7,12H2,1-5H3,(H,23,26). The number of ether oxygens (including phenoxy) is 1. The van der Waals surface area contributed by atoms with Crippen LogP contribution in [0.1, 0.15) is 58.9 Å². The number of amides is 1. The number of carbonyl (C=O) groups excluding carboxylic acids is 2. The predicted molar refractivity (Wildman–Crippen MR) is 114 cm³/mol. The number of hydrogen-bond acceptors (Lipinski definition) is 6. The lowest BCUT2D eigenvalue weighted by Gasteiger charge is -2.32. The third kappa shape index (κ3) is 5.11. The average molecular weight is 415 g/mol. The molecule has 0 aromatic heterocycles. The first-order valence-corrected chi connectivity index (χ1v) is 10.2. The Morgan fingerprint density at radius 1 is 1.27 bits per heavy atom. The van der Waals surface area contributed by atoms with E-state index in [-0.39, 0.29) is 23.9 Å². The molecule has 1 aromatic carbocycles. The van der Waals surface area contributed by atoms with Crippen molar-refractivity contribution in [1.82, 2.24) is 5.32 Å². The number of nitrogens with one attached hydrogen (secondary N) is 1. The number of unbranched alkanes of at least 4 members (excludes halogenated alkanes) is 1. The van der Waals surface area contributed by atoms with Gasteiger partial charge in [0.25, 0.3) is 5.69 Å². The maximum atomic E-state index is 13.1. The molecular formula is C22H29N3O5. The molecule has 1 heterocycles. The molecule has 2 unspecified atom stereocenters. The van der Waals surface area contributed by atoms with Gasteiger partial charge in [-0.15, -0.1) is 0 Å². The molecule has 8 heteroatoms. The molecule has 0 bridgehead atoms. The Morgan fingerprint density at radius 2 is 1.93 bits per heavy atom. The quantitative estimate of drug-likeness (QED) is 0.299. The van der Waals surface area contributed by atoms with Crippen LogP contribution in [0.2, 0.25) is 0 Å². The molecule has 0 saturated heterocycles. The maximum Gasteiger partial charge on any atom is 0.315 e. The van der Waals surface area contributed by atoms with Gasteiger partial charge in [-0.2, -0.15) is 0 Å². The molecule has 2 atom stereocenters. The highest BCUT2D eigenvalue weighted by Gasteiger charge is 2.44. The van der Waals surface area contributed by atoms with Gasteiger partial charge in [0.2, 0.25) is 5.91 Å². The van der Waals surface area contributed by atoms with Gasteiger partial charge >= 0.3 is 5.97 Å². The zero-order valence-electron chi connectivity index (χ0n) is 18.1. The summed E-state index contributed by atoms with van der Waals surface area (Å²) in [7, 11) is 0. The predicted octanol–water partition coefficient (Wildman–Crippen LogP) is 3.91. The average Bonchev–Trinajstić information content (AvgIpc) is 2.66. The smallest absolute Gasteiger partial charge is 0.315 e. The van der Waals surface area contributed by atoms with Crippen molar-refractivity contribution >= 4 is 23.3 Å².